The van der Waals surface area contributed by atoms with Gasteiger partial charge in [-0.15, -0.1) is 0 Å². The number of nitrogens with one attached hydrogen (secondary N) is 1. The Bertz CT molecular complexity index is 757. The van der Waals surface area contributed by atoms with E-state index < -0.39 is 17.8 Å². The van der Waals surface area contributed by atoms with Crippen LogP contribution in [0, 0.1) is 18.8 Å². The van der Waals surface area contributed by atoms with E-state index in [1.54, 1.807) is 6.07 Å². The van der Waals surface area contributed by atoms with Crippen LogP contribution in [0.2, 0.25) is 0 Å². The summed E-state index contributed by atoms with van der Waals surface area (Å²) in [6, 6.07) is 14.8. The number of carboxylic acids is 1. The van der Waals surface area contributed by atoms with Crippen LogP contribution in [-0.4, -0.2) is 17.0 Å². The lowest BCUT2D eigenvalue weighted by Crippen LogP contribution is -2.41. The summed E-state index contributed by atoms with van der Waals surface area (Å²) in [5.74, 6) is -1.04. The van der Waals surface area contributed by atoms with E-state index in [0.717, 1.165) is 5.56 Å². The van der Waals surface area contributed by atoms with E-state index in [-0.39, 0.29) is 5.91 Å². The molecule has 2 aromatic rings. The summed E-state index contributed by atoms with van der Waals surface area (Å²) >= 11 is 0. The summed E-state index contributed by atoms with van der Waals surface area (Å²) in [5.41, 5.74) is 1.54. The summed E-state index contributed by atoms with van der Waals surface area (Å²) in [6.45, 7) is 1.92. The fourth-order valence-corrected chi connectivity index (χ4v) is 2.78. The predicted octanol–water partition coefficient (Wildman–Crippen LogP) is 3.84. The van der Waals surface area contributed by atoms with E-state index in [1.807, 2.05) is 49.4 Å². The lowest BCUT2D eigenvalue weighted by molar-refractivity contribution is -0.151. The smallest absolute Gasteiger partial charge is 0.307 e. The van der Waals surface area contributed by atoms with E-state index in [9.17, 15) is 9.59 Å². The maximum absolute atomic E-state index is 12.4. The average Bonchev–Trinajstić information content (AvgIpc) is 2.49. The number of anilines is 1. The molecular formula is C19H19NO4. The van der Waals surface area contributed by atoms with Gasteiger partial charge in [0, 0.05) is 0 Å². The summed E-state index contributed by atoms with van der Waals surface area (Å²) < 4.78 is 5.84. The number of ether oxygens (including phenoxy) is 1. The molecule has 2 unspecified atom stereocenters. The fourth-order valence-electron chi connectivity index (χ4n) is 2.78. The Morgan fingerprint density at radius 2 is 1.79 bits per heavy atom. The van der Waals surface area contributed by atoms with E-state index in [0.29, 0.717) is 30.0 Å². The zero-order valence-corrected chi connectivity index (χ0v) is 13.4. The molecule has 0 aromatic heterocycles. The summed E-state index contributed by atoms with van der Waals surface area (Å²) in [6.07, 6.45) is 1.15. The zero-order valence-electron chi connectivity index (χ0n) is 13.4. The Kier molecular flexibility index (Phi) is 4.51. The molecule has 1 fully saturated rings. The van der Waals surface area contributed by atoms with Gasteiger partial charge < -0.3 is 15.2 Å². The van der Waals surface area contributed by atoms with Crippen LogP contribution in [-0.2, 0) is 9.59 Å². The third-order valence-electron chi connectivity index (χ3n) is 4.29. The van der Waals surface area contributed by atoms with E-state index in [2.05, 4.69) is 5.32 Å². The number of para-hydroxylation sites is 1. The van der Waals surface area contributed by atoms with Gasteiger partial charge in [-0.2, -0.15) is 0 Å². The van der Waals surface area contributed by atoms with Crippen LogP contribution in [0.4, 0.5) is 5.69 Å². The van der Waals surface area contributed by atoms with Crippen molar-refractivity contribution < 1.29 is 19.4 Å². The van der Waals surface area contributed by atoms with Crippen molar-refractivity contribution >= 4 is 17.6 Å². The minimum absolute atomic E-state index is 0.267. The second-order valence-corrected chi connectivity index (χ2v) is 6.03. The van der Waals surface area contributed by atoms with E-state index in [1.165, 1.54) is 0 Å². The van der Waals surface area contributed by atoms with Gasteiger partial charge in [0.15, 0.2) is 5.75 Å². The zero-order chi connectivity index (χ0) is 17.1. The summed E-state index contributed by atoms with van der Waals surface area (Å²) in [4.78, 5) is 23.5. The van der Waals surface area contributed by atoms with Crippen molar-refractivity contribution in [2.75, 3.05) is 5.32 Å². The highest BCUT2D eigenvalue weighted by atomic mass is 16.5. The molecule has 2 N–H and O–H groups in total. The number of hydrogen-bond donors (Lipinski definition) is 2. The van der Waals surface area contributed by atoms with Crippen molar-refractivity contribution in [2.45, 2.75) is 19.8 Å². The van der Waals surface area contributed by atoms with Crippen molar-refractivity contribution in [1.29, 1.82) is 0 Å². The Balaban J connectivity index is 1.78. The first-order chi connectivity index (χ1) is 11.5. The maximum atomic E-state index is 12.4. The number of aliphatic carboxylic acids is 1. The molecule has 0 aliphatic heterocycles. The molecule has 5 heteroatoms. The van der Waals surface area contributed by atoms with E-state index >= 15 is 0 Å². The van der Waals surface area contributed by atoms with Crippen LogP contribution < -0.4 is 10.1 Å². The molecule has 0 radical (unpaired) electrons. The van der Waals surface area contributed by atoms with Gasteiger partial charge in [-0.05, 0) is 49.6 Å². The maximum Gasteiger partial charge on any atom is 0.307 e. The molecule has 0 heterocycles. The number of hydrogen-bond acceptors (Lipinski definition) is 3. The SMILES string of the molecule is Cc1ccc(Oc2ccccc2)c(NC(=O)C2CCC2C(=O)O)c1. The first-order valence-corrected chi connectivity index (χ1v) is 7.92. The molecular weight excluding hydrogens is 306 g/mol. The fraction of sp³-hybridized carbons (Fsp3) is 0.263. The number of benzene rings is 2. The number of carboxylic acid groups (broad SMARTS) is 1. The van der Waals surface area contributed by atoms with Gasteiger partial charge in [-0.3, -0.25) is 9.59 Å². The topological polar surface area (TPSA) is 75.6 Å². The van der Waals surface area contributed by atoms with Crippen molar-refractivity contribution in [3.63, 3.8) is 0 Å². The quantitative estimate of drug-likeness (QED) is 0.876. The Morgan fingerprint density at radius 1 is 1.08 bits per heavy atom. The molecule has 1 saturated carbocycles. The number of rotatable bonds is 5. The van der Waals surface area contributed by atoms with Crippen LogP contribution in [0.1, 0.15) is 18.4 Å². The molecule has 0 spiro atoms. The van der Waals surface area contributed by atoms with Gasteiger partial charge in [0.25, 0.3) is 0 Å². The van der Waals surface area contributed by atoms with Crippen molar-refractivity contribution in [1.82, 2.24) is 0 Å². The van der Waals surface area contributed by atoms with Crippen LogP contribution in [0.25, 0.3) is 0 Å². The first-order valence-electron chi connectivity index (χ1n) is 7.92. The molecule has 0 bridgehead atoms. The lowest BCUT2D eigenvalue weighted by Gasteiger charge is -2.32. The van der Waals surface area contributed by atoms with Gasteiger partial charge in [0.05, 0.1) is 17.5 Å². The van der Waals surface area contributed by atoms with E-state index in [4.69, 9.17) is 9.84 Å². The van der Waals surface area contributed by atoms with Crippen molar-refractivity contribution in [3.8, 4) is 11.5 Å². The second-order valence-electron chi connectivity index (χ2n) is 6.03. The minimum atomic E-state index is -0.911. The number of aryl methyl sites for hydroxylation is 1. The molecule has 5 nitrogen and oxygen atoms in total. The Hall–Kier alpha value is -2.82. The van der Waals surface area contributed by atoms with Crippen LogP contribution in [0.3, 0.4) is 0 Å². The molecule has 2 aromatic carbocycles. The molecule has 2 atom stereocenters. The third kappa shape index (κ3) is 3.40. The molecule has 24 heavy (non-hydrogen) atoms. The van der Waals surface area contributed by atoms with Gasteiger partial charge in [0.1, 0.15) is 5.75 Å². The van der Waals surface area contributed by atoms with Crippen LogP contribution in [0.15, 0.2) is 48.5 Å². The monoisotopic (exact) mass is 325 g/mol. The molecule has 1 aliphatic rings. The Morgan fingerprint density at radius 3 is 2.42 bits per heavy atom. The lowest BCUT2D eigenvalue weighted by atomic mass is 9.73. The van der Waals surface area contributed by atoms with Gasteiger partial charge in [0.2, 0.25) is 5.91 Å². The first kappa shape index (κ1) is 16.1. The summed E-state index contributed by atoms with van der Waals surface area (Å²) in [7, 11) is 0. The van der Waals surface area contributed by atoms with Crippen molar-refractivity contribution in [2.24, 2.45) is 11.8 Å². The normalized spacial score (nSPS) is 19.2. The van der Waals surface area contributed by atoms with Gasteiger partial charge >= 0.3 is 5.97 Å². The number of carbonyl (C=O) groups is 2. The predicted molar refractivity (Wildman–Crippen MR) is 90.2 cm³/mol. The highest BCUT2D eigenvalue weighted by molar-refractivity contribution is 5.97. The summed E-state index contributed by atoms with van der Waals surface area (Å²) in [5, 5.41) is 11.9. The van der Waals surface area contributed by atoms with Gasteiger partial charge in [-0.25, -0.2) is 0 Å². The molecule has 124 valence electrons. The van der Waals surface area contributed by atoms with Crippen LogP contribution in [0.5, 0.6) is 11.5 Å². The Labute approximate surface area is 140 Å². The number of amides is 1. The average molecular weight is 325 g/mol. The molecule has 1 amide bonds. The highest BCUT2D eigenvalue weighted by Gasteiger charge is 2.41. The second kappa shape index (κ2) is 6.74. The van der Waals surface area contributed by atoms with Gasteiger partial charge in [-0.1, -0.05) is 24.3 Å². The minimum Gasteiger partial charge on any atom is -0.481 e. The highest BCUT2D eigenvalue weighted by Crippen LogP contribution is 2.37. The number of carbonyl (C=O) groups excluding carboxylic acids is 1. The standard InChI is InChI=1S/C19H19NO4/c1-12-7-10-17(24-13-5-3-2-4-6-13)16(11-12)20-18(21)14-8-9-15(14)19(22)23/h2-7,10-11,14-15H,8-9H2,1H3,(H,20,21)(H,22,23). The largest absolute Gasteiger partial charge is 0.481 e. The molecule has 1 aliphatic carbocycles. The third-order valence-corrected chi connectivity index (χ3v) is 4.29. The van der Waals surface area contributed by atoms with Crippen molar-refractivity contribution in [3.05, 3.63) is 54.1 Å². The van der Waals surface area contributed by atoms with Crippen LogP contribution >= 0.6 is 0 Å². The molecule has 0 saturated heterocycles. The molecule has 3 rings (SSSR count).